The first kappa shape index (κ1) is 8.15. The maximum absolute atomic E-state index is 10.4. The maximum Gasteiger partial charge on any atom is 0.216 e. The highest BCUT2D eigenvalue weighted by molar-refractivity contribution is 6.50. The highest BCUT2D eigenvalue weighted by Crippen LogP contribution is 2.52. The summed E-state index contributed by atoms with van der Waals surface area (Å²) in [5.74, 6) is 0.218. The molecule has 0 heterocycles. The Labute approximate surface area is 69.9 Å². The third kappa shape index (κ3) is 2.03. The van der Waals surface area contributed by atoms with Crippen LogP contribution in [-0.4, -0.2) is 16.8 Å². The summed E-state index contributed by atoms with van der Waals surface area (Å²) in [5.41, 5.74) is 0. The Hall–Kier alpha value is 0.0500. The Bertz CT molecular complexity index is 158. The molecule has 4 heteroatoms. The van der Waals surface area contributed by atoms with E-state index in [9.17, 15) is 4.79 Å². The van der Waals surface area contributed by atoms with Crippen molar-refractivity contribution in [2.45, 2.75) is 17.7 Å². The molecule has 0 saturated heterocycles. The number of hydrogen-bond acceptors (Lipinski definition) is 1. The molecule has 58 valence electrons. The molecule has 0 aromatic rings. The molecule has 1 aliphatic carbocycles. The van der Waals surface area contributed by atoms with Gasteiger partial charge in [-0.2, -0.15) is 0 Å². The van der Waals surface area contributed by atoms with Crippen molar-refractivity contribution in [1.82, 2.24) is 5.32 Å². The Balaban J connectivity index is 2.13. The Morgan fingerprint density at radius 3 is 2.60 bits per heavy atom. The minimum Gasteiger partial charge on any atom is -0.356 e. The van der Waals surface area contributed by atoms with Crippen LogP contribution in [0.5, 0.6) is 0 Å². The van der Waals surface area contributed by atoms with Gasteiger partial charge in [0.25, 0.3) is 0 Å². The van der Waals surface area contributed by atoms with Crippen LogP contribution in [0.3, 0.4) is 0 Å². The number of carbonyl (C=O) groups excluding carboxylic acids is 1. The van der Waals surface area contributed by atoms with Gasteiger partial charge in [0.1, 0.15) is 4.33 Å². The van der Waals surface area contributed by atoms with Crippen molar-refractivity contribution in [3.05, 3.63) is 0 Å². The van der Waals surface area contributed by atoms with Crippen molar-refractivity contribution in [1.29, 1.82) is 0 Å². The third-order valence-corrected chi connectivity index (χ3v) is 2.48. The Morgan fingerprint density at radius 1 is 1.80 bits per heavy atom. The molecule has 0 aliphatic heterocycles. The average molecular weight is 182 g/mol. The van der Waals surface area contributed by atoms with Gasteiger partial charge in [0.2, 0.25) is 5.91 Å². The normalized spacial score (nSPS) is 27.7. The molecule has 0 bridgehead atoms. The highest BCUT2D eigenvalue weighted by atomic mass is 35.5. The fourth-order valence-electron chi connectivity index (χ4n) is 0.758. The van der Waals surface area contributed by atoms with E-state index in [4.69, 9.17) is 23.2 Å². The van der Waals surface area contributed by atoms with E-state index in [1.165, 1.54) is 6.92 Å². The van der Waals surface area contributed by atoms with Gasteiger partial charge in [-0.3, -0.25) is 4.79 Å². The molecule has 0 aromatic heterocycles. The van der Waals surface area contributed by atoms with Gasteiger partial charge >= 0.3 is 0 Å². The van der Waals surface area contributed by atoms with Crippen molar-refractivity contribution < 1.29 is 4.79 Å². The molecule has 1 N–H and O–H groups in total. The van der Waals surface area contributed by atoms with Gasteiger partial charge in [-0.15, -0.1) is 23.2 Å². The van der Waals surface area contributed by atoms with Crippen LogP contribution >= 0.6 is 23.2 Å². The number of halogens is 2. The van der Waals surface area contributed by atoms with E-state index in [-0.39, 0.29) is 11.8 Å². The second-order valence-corrected chi connectivity index (χ2v) is 4.14. The molecule has 0 radical (unpaired) electrons. The molecule has 1 fully saturated rings. The van der Waals surface area contributed by atoms with Crippen molar-refractivity contribution in [2.24, 2.45) is 5.92 Å². The van der Waals surface area contributed by atoms with Crippen molar-refractivity contribution >= 4 is 29.1 Å². The van der Waals surface area contributed by atoms with Crippen LogP contribution in [0.25, 0.3) is 0 Å². The number of rotatable bonds is 2. The molecule has 1 amide bonds. The predicted octanol–water partition coefficient (Wildman–Crippen LogP) is 1.32. The lowest BCUT2D eigenvalue weighted by molar-refractivity contribution is -0.119. The lowest BCUT2D eigenvalue weighted by atomic mass is 10.4. The van der Waals surface area contributed by atoms with Gasteiger partial charge in [-0.25, -0.2) is 0 Å². The van der Waals surface area contributed by atoms with Crippen LogP contribution < -0.4 is 5.32 Å². The van der Waals surface area contributed by atoms with Gasteiger partial charge in [0, 0.05) is 19.4 Å². The number of amides is 1. The number of hydrogen-bond donors (Lipinski definition) is 1. The molecular formula is C6H9Cl2NO. The van der Waals surface area contributed by atoms with Crippen molar-refractivity contribution in [3.63, 3.8) is 0 Å². The molecule has 1 rings (SSSR count). The maximum atomic E-state index is 10.4. The first-order chi connectivity index (χ1) is 4.52. The molecule has 1 saturated carbocycles. The first-order valence-electron chi connectivity index (χ1n) is 3.14. The second kappa shape index (κ2) is 2.59. The number of nitrogens with one attached hydrogen (secondary N) is 1. The second-order valence-electron chi connectivity index (χ2n) is 2.60. The van der Waals surface area contributed by atoms with Crippen LogP contribution in [0.4, 0.5) is 0 Å². The summed E-state index contributed by atoms with van der Waals surface area (Å²) in [4.78, 5) is 10.4. The van der Waals surface area contributed by atoms with E-state index in [1.54, 1.807) is 0 Å². The van der Waals surface area contributed by atoms with Crippen LogP contribution in [0.2, 0.25) is 0 Å². The topological polar surface area (TPSA) is 29.1 Å². The van der Waals surface area contributed by atoms with Gasteiger partial charge < -0.3 is 5.32 Å². The zero-order valence-electron chi connectivity index (χ0n) is 5.66. The smallest absolute Gasteiger partial charge is 0.216 e. The number of alkyl halides is 2. The molecule has 1 atom stereocenters. The Kier molecular flexibility index (Phi) is 2.11. The average Bonchev–Trinajstić information content (AvgIpc) is 2.35. The quantitative estimate of drug-likeness (QED) is 0.641. The summed E-state index contributed by atoms with van der Waals surface area (Å²) >= 11 is 11.4. The van der Waals surface area contributed by atoms with E-state index in [2.05, 4.69) is 5.32 Å². The summed E-state index contributed by atoms with van der Waals surface area (Å²) in [6, 6.07) is 0. The molecule has 2 nitrogen and oxygen atoms in total. The first-order valence-corrected chi connectivity index (χ1v) is 3.90. The van der Waals surface area contributed by atoms with Crippen LogP contribution in [-0.2, 0) is 4.79 Å². The van der Waals surface area contributed by atoms with Gasteiger partial charge in [0.05, 0.1) is 0 Å². The van der Waals surface area contributed by atoms with E-state index in [1.807, 2.05) is 0 Å². The van der Waals surface area contributed by atoms with E-state index < -0.39 is 4.33 Å². The zero-order chi connectivity index (χ0) is 7.78. The summed E-state index contributed by atoms with van der Waals surface area (Å²) in [6.07, 6.45) is 0.788. The predicted molar refractivity (Wildman–Crippen MR) is 41.2 cm³/mol. The third-order valence-electron chi connectivity index (χ3n) is 1.55. The van der Waals surface area contributed by atoms with Crippen LogP contribution in [0, 0.1) is 5.92 Å². The molecule has 1 unspecified atom stereocenters. The summed E-state index contributed by atoms with van der Waals surface area (Å²) in [6.45, 7) is 2.08. The van der Waals surface area contributed by atoms with E-state index in [0.717, 1.165) is 6.42 Å². The summed E-state index contributed by atoms with van der Waals surface area (Å²) in [7, 11) is 0. The van der Waals surface area contributed by atoms with E-state index in [0.29, 0.717) is 6.54 Å². The SMILES string of the molecule is CC(=O)NCC1CC1(Cl)Cl. The van der Waals surface area contributed by atoms with Crippen molar-refractivity contribution in [2.75, 3.05) is 6.54 Å². The van der Waals surface area contributed by atoms with Crippen molar-refractivity contribution in [3.8, 4) is 0 Å². The summed E-state index contributed by atoms with van der Waals surface area (Å²) < 4.78 is -0.567. The molecular weight excluding hydrogens is 173 g/mol. The fraction of sp³-hybridized carbons (Fsp3) is 0.833. The summed E-state index contributed by atoms with van der Waals surface area (Å²) in [5, 5.41) is 2.66. The number of carbonyl (C=O) groups is 1. The van der Waals surface area contributed by atoms with Gasteiger partial charge in [-0.05, 0) is 6.42 Å². The van der Waals surface area contributed by atoms with Crippen LogP contribution in [0.15, 0.2) is 0 Å². The lowest BCUT2D eigenvalue weighted by Gasteiger charge is -1.99. The molecule has 10 heavy (non-hydrogen) atoms. The largest absolute Gasteiger partial charge is 0.356 e. The molecule has 0 aromatic carbocycles. The lowest BCUT2D eigenvalue weighted by Crippen LogP contribution is -2.23. The standard InChI is InChI=1S/C6H9Cl2NO/c1-4(10)9-3-5-2-6(5,7)8/h5H,2-3H2,1H3,(H,9,10). The monoisotopic (exact) mass is 181 g/mol. The minimum atomic E-state index is -0.567. The fourth-order valence-corrected chi connectivity index (χ4v) is 1.28. The van der Waals surface area contributed by atoms with Gasteiger partial charge in [0.15, 0.2) is 0 Å². The minimum absolute atomic E-state index is 0.0315. The molecule has 1 aliphatic rings. The zero-order valence-corrected chi connectivity index (χ0v) is 7.17. The highest BCUT2D eigenvalue weighted by Gasteiger charge is 2.51. The van der Waals surface area contributed by atoms with Crippen LogP contribution in [0.1, 0.15) is 13.3 Å². The van der Waals surface area contributed by atoms with Gasteiger partial charge in [-0.1, -0.05) is 0 Å². The Morgan fingerprint density at radius 2 is 2.30 bits per heavy atom. The van der Waals surface area contributed by atoms with E-state index >= 15 is 0 Å². The molecule has 0 spiro atoms.